The normalized spacial score (nSPS) is 25.5. The number of unbranched alkanes of at least 4 members (excludes halogenated alkanes) is 8. The standard InChI is InChI=1S/C39H51NO11/c1-5-6-7-8-9-10-11-12-13-17-28(42)40-25-18-29(50-21(2)34(25)43)51-27-20-39(48,22(3)41)19-24-31(27)38(47)33-32(36(24)45)35(44)23-15-14-16-26(49-4)30(23)37(33)46/h14-16,21,25,27,29,34,43,45,47-48H,5-13,17-20H2,1-4H3,(H,40,42). The van der Waals surface area contributed by atoms with E-state index < -0.39 is 82.6 Å². The number of carbonyl (C=O) groups excluding carboxylic acids is 4. The molecule has 5 N–H and O–H groups in total. The average Bonchev–Trinajstić information content (AvgIpc) is 3.09. The van der Waals surface area contributed by atoms with E-state index in [1.807, 2.05) is 0 Å². The van der Waals surface area contributed by atoms with Gasteiger partial charge in [0.25, 0.3) is 0 Å². The van der Waals surface area contributed by atoms with Gasteiger partial charge in [0.2, 0.25) is 11.7 Å². The number of benzene rings is 2. The summed E-state index contributed by atoms with van der Waals surface area (Å²) in [6.07, 6.45) is 5.31. The van der Waals surface area contributed by atoms with Gasteiger partial charge >= 0.3 is 0 Å². The second kappa shape index (κ2) is 16.2. The number of phenols is 2. The Hall–Kier alpha value is -3.84. The fourth-order valence-electron chi connectivity index (χ4n) is 7.64. The number of fused-ring (bicyclic) bond motifs is 3. The van der Waals surface area contributed by atoms with Gasteiger partial charge in [-0.15, -0.1) is 0 Å². The Morgan fingerprint density at radius 2 is 1.61 bits per heavy atom. The predicted molar refractivity (Wildman–Crippen MR) is 186 cm³/mol. The first-order valence-electron chi connectivity index (χ1n) is 18.2. The molecule has 1 saturated heterocycles. The van der Waals surface area contributed by atoms with Gasteiger partial charge in [0.05, 0.1) is 42.0 Å². The van der Waals surface area contributed by atoms with Gasteiger partial charge in [0, 0.05) is 42.4 Å². The number of rotatable bonds is 15. The molecule has 0 saturated carbocycles. The molecule has 12 heteroatoms. The third kappa shape index (κ3) is 7.84. The molecule has 0 radical (unpaired) electrons. The van der Waals surface area contributed by atoms with E-state index in [9.17, 15) is 39.6 Å². The largest absolute Gasteiger partial charge is 0.507 e. The van der Waals surface area contributed by atoms with Crippen molar-refractivity contribution in [1.82, 2.24) is 5.32 Å². The summed E-state index contributed by atoms with van der Waals surface area (Å²) < 4.78 is 17.6. The van der Waals surface area contributed by atoms with Crippen molar-refractivity contribution in [2.75, 3.05) is 7.11 Å². The van der Waals surface area contributed by atoms with E-state index in [-0.39, 0.29) is 46.8 Å². The molecule has 2 aliphatic carbocycles. The molecular formula is C39H51NO11. The first kappa shape index (κ1) is 38.4. The summed E-state index contributed by atoms with van der Waals surface area (Å²) in [5, 5.41) is 48.6. The first-order chi connectivity index (χ1) is 24.3. The van der Waals surface area contributed by atoms with Crippen LogP contribution >= 0.6 is 0 Å². The highest BCUT2D eigenvalue weighted by atomic mass is 16.7. The van der Waals surface area contributed by atoms with Crippen molar-refractivity contribution in [3.63, 3.8) is 0 Å². The van der Waals surface area contributed by atoms with Crippen LogP contribution in [0.5, 0.6) is 17.2 Å². The van der Waals surface area contributed by atoms with E-state index in [4.69, 9.17) is 14.2 Å². The van der Waals surface area contributed by atoms with Gasteiger partial charge in [-0.1, -0.05) is 70.4 Å². The first-order valence-corrected chi connectivity index (χ1v) is 18.2. The van der Waals surface area contributed by atoms with Crippen LogP contribution in [0.25, 0.3) is 0 Å². The van der Waals surface area contributed by atoms with Crippen LogP contribution in [-0.4, -0.2) is 80.9 Å². The van der Waals surface area contributed by atoms with Crippen LogP contribution in [0.2, 0.25) is 0 Å². The highest BCUT2D eigenvalue weighted by Crippen LogP contribution is 2.52. The quantitative estimate of drug-likeness (QED) is 0.104. The van der Waals surface area contributed by atoms with Gasteiger partial charge < -0.3 is 40.0 Å². The molecule has 6 unspecified atom stereocenters. The summed E-state index contributed by atoms with van der Waals surface area (Å²) in [5.74, 6) is -3.49. The van der Waals surface area contributed by atoms with E-state index in [1.54, 1.807) is 6.92 Å². The second-order valence-electron chi connectivity index (χ2n) is 14.2. The monoisotopic (exact) mass is 709 g/mol. The van der Waals surface area contributed by atoms with E-state index in [1.165, 1.54) is 64.3 Å². The molecule has 5 rings (SSSR count). The maximum Gasteiger partial charge on any atom is 0.220 e. The molecule has 12 nitrogen and oxygen atoms in total. The minimum atomic E-state index is -2.05. The molecule has 2 aromatic rings. The zero-order valence-corrected chi connectivity index (χ0v) is 30.0. The van der Waals surface area contributed by atoms with Gasteiger partial charge in [0.15, 0.2) is 17.9 Å². The van der Waals surface area contributed by atoms with Crippen molar-refractivity contribution in [2.24, 2.45) is 0 Å². The number of amides is 1. The lowest BCUT2D eigenvalue weighted by Crippen LogP contribution is -2.55. The van der Waals surface area contributed by atoms with E-state index in [0.29, 0.717) is 6.42 Å². The molecule has 278 valence electrons. The van der Waals surface area contributed by atoms with Crippen LogP contribution in [0, 0.1) is 0 Å². The van der Waals surface area contributed by atoms with Crippen LogP contribution < -0.4 is 10.1 Å². The minimum absolute atomic E-state index is 0.000977. The molecule has 6 atom stereocenters. The highest BCUT2D eigenvalue weighted by molar-refractivity contribution is 6.31. The Morgan fingerprint density at radius 3 is 2.25 bits per heavy atom. The van der Waals surface area contributed by atoms with Crippen molar-refractivity contribution < 1.29 is 53.8 Å². The Morgan fingerprint density at radius 1 is 0.961 bits per heavy atom. The van der Waals surface area contributed by atoms with Gasteiger partial charge in [-0.2, -0.15) is 0 Å². The van der Waals surface area contributed by atoms with Crippen LogP contribution in [0.3, 0.4) is 0 Å². The van der Waals surface area contributed by atoms with Gasteiger partial charge in [0.1, 0.15) is 29.0 Å². The van der Waals surface area contributed by atoms with Gasteiger partial charge in [-0.25, -0.2) is 0 Å². The van der Waals surface area contributed by atoms with Crippen LogP contribution in [0.4, 0.5) is 0 Å². The summed E-state index contributed by atoms with van der Waals surface area (Å²) in [5.41, 5.74) is -3.20. The number of aliphatic hydroxyl groups is 2. The number of ether oxygens (including phenoxy) is 3. The molecule has 0 bridgehead atoms. The molecule has 3 aliphatic rings. The second-order valence-corrected chi connectivity index (χ2v) is 14.2. The zero-order valence-electron chi connectivity index (χ0n) is 30.0. The van der Waals surface area contributed by atoms with E-state index >= 15 is 0 Å². The number of methoxy groups -OCH3 is 1. The molecule has 0 aromatic heterocycles. The molecule has 51 heavy (non-hydrogen) atoms. The number of Topliss-reactive ketones (excluding diaryl/α,β-unsaturated/α-hetero) is 1. The average molecular weight is 710 g/mol. The van der Waals surface area contributed by atoms with E-state index in [2.05, 4.69) is 12.2 Å². The number of nitrogens with one attached hydrogen (secondary N) is 1. The smallest absolute Gasteiger partial charge is 0.220 e. The van der Waals surface area contributed by atoms with Crippen molar-refractivity contribution >= 4 is 23.3 Å². The fraction of sp³-hybridized carbons (Fsp3) is 0.590. The Kier molecular flexibility index (Phi) is 12.2. The van der Waals surface area contributed by atoms with Crippen LogP contribution in [-0.2, 0) is 25.5 Å². The SMILES string of the molecule is CCCCCCCCCCCC(=O)NC1CC(OC2CC(O)(C(C)=O)Cc3c(O)c4c(c(O)c32)C(=O)c2c(OC)cccc2C4=O)OC(C)C1O. The lowest BCUT2D eigenvalue weighted by Gasteiger charge is -2.42. The molecule has 1 aliphatic heterocycles. The molecule has 0 spiro atoms. The lowest BCUT2D eigenvalue weighted by molar-refractivity contribution is -0.249. The lowest BCUT2D eigenvalue weighted by atomic mass is 9.72. The number of ketones is 3. The number of carbonyl (C=O) groups is 4. The van der Waals surface area contributed by atoms with Crippen molar-refractivity contribution in [3.05, 3.63) is 51.6 Å². The van der Waals surface area contributed by atoms with Crippen LogP contribution in [0.1, 0.15) is 147 Å². The number of hydrogen-bond donors (Lipinski definition) is 5. The van der Waals surface area contributed by atoms with Crippen molar-refractivity contribution in [2.45, 2.75) is 140 Å². The van der Waals surface area contributed by atoms with Gasteiger partial charge in [-0.05, 0) is 26.3 Å². The summed E-state index contributed by atoms with van der Waals surface area (Å²) in [6.45, 7) is 5.00. The minimum Gasteiger partial charge on any atom is -0.507 e. The summed E-state index contributed by atoms with van der Waals surface area (Å²) in [6, 6.07) is 3.70. The van der Waals surface area contributed by atoms with Crippen molar-refractivity contribution in [1.29, 1.82) is 0 Å². The third-order valence-corrected chi connectivity index (χ3v) is 10.6. The zero-order chi connectivity index (χ0) is 37.0. The topological polar surface area (TPSA) is 189 Å². The maximum atomic E-state index is 13.9. The Balaban J connectivity index is 1.36. The summed E-state index contributed by atoms with van der Waals surface area (Å²) in [4.78, 5) is 53.3. The number of aliphatic hydroxyl groups excluding tert-OH is 1. The summed E-state index contributed by atoms with van der Waals surface area (Å²) >= 11 is 0. The maximum absolute atomic E-state index is 13.9. The van der Waals surface area contributed by atoms with Crippen molar-refractivity contribution in [3.8, 4) is 17.2 Å². The summed E-state index contributed by atoms with van der Waals surface area (Å²) in [7, 11) is 1.34. The number of hydrogen-bond acceptors (Lipinski definition) is 11. The fourth-order valence-corrected chi connectivity index (χ4v) is 7.64. The highest BCUT2D eigenvalue weighted by Gasteiger charge is 2.49. The molecule has 1 fully saturated rings. The molecule has 1 amide bonds. The third-order valence-electron chi connectivity index (χ3n) is 10.6. The molecular weight excluding hydrogens is 658 g/mol. The van der Waals surface area contributed by atoms with Gasteiger partial charge in [-0.3, -0.25) is 19.2 Å². The predicted octanol–water partition coefficient (Wildman–Crippen LogP) is 5.11. The molecule has 1 heterocycles. The van der Waals surface area contributed by atoms with Crippen LogP contribution in [0.15, 0.2) is 18.2 Å². The Labute approximate surface area is 298 Å². The number of aromatic hydroxyl groups is 2. The van der Waals surface area contributed by atoms with E-state index in [0.717, 1.165) is 25.7 Å². The molecule has 2 aromatic carbocycles. The Bertz CT molecular complexity index is 1650. The number of phenolic OH excluding ortho intramolecular Hbond substituents is 2.